The van der Waals surface area contributed by atoms with Crippen LogP contribution in [-0.4, -0.2) is 21.1 Å². The molecule has 0 atom stereocenters. The number of nitrogens with one attached hydrogen (secondary N) is 1. The van der Waals surface area contributed by atoms with Gasteiger partial charge < -0.3 is 9.73 Å². The normalized spacial score (nSPS) is 10.8. The van der Waals surface area contributed by atoms with Crippen LogP contribution in [0, 0.1) is 13.8 Å². The molecular weight excluding hydrogens is 372 g/mol. The van der Waals surface area contributed by atoms with Crippen LogP contribution in [0.25, 0.3) is 22.6 Å². The summed E-state index contributed by atoms with van der Waals surface area (Å²) in [5.41, 5.74) is 4.68. The first kappa shape index (κ1) is 18.1. The van der Waals surface area contributed by atoms with Crippen molar-refractivity contribution >= 4 is 17.2 Å². The van der Waals surface area contributed by atoms with Crippen LogP contribution >= 0.6 is 11.3 Å². The Balaban J connectivity index is 1.54. The highest BCUT2D eigenvalue weighted by Gasteiger charge is 2.11. The smallest absolute Gasteiger partial charge is 0.251 e. The molecule has 28 heavy (non-hydrogen) atoms. The first-order valence-electron chi connectivity index (χ1n) is 8.78. The van der Waals surface area contributed by atoms with Crippen LogP contribution in [0.2, 0.25) is 0 Å². The van der Waals surface area contributed by atoms with Crippen molar-refractivity contribution in [2.75, 3.05) is 0 Å². The molecular formula is C21H18N4O2S. The number of aryl methyl sites for hydroxylation is 2. The summed E-state index contributed by atoms with van der Waals surface area (Å²) in [6.45, 7) is 4.25. The van der Waals surface area contributed by atoms with Crippen molar-refractivity contribution in [1.29, 1.82) is 0 Å². The van der Waals surface area contributed by atoms with Crippen molar-refractivity contribution in [1.82, 2.24) is 20.5 Å². The minimum absolute atomic E-state index is 0.117. The van der Waals surface area contributed by atoms with E-state index in [0.29, 0.717) is 23.9 Å². The predicted octanol–water partition coefficient (Wildman–Crippen LogP) is 4.41. The molecule has 0 bridgehead atoms. The molecule has 140 valence electrons. The van der Waals surface area contributed by atoms with E-state index in [2.05, 4.69) is 20.5 Å². The van der Waals surface area contributed by atoms with Gasteiger partial charge in [-0.1, -0.05) is 18.2 Å². The molecule has 0 radical (unpaired) electrons. The summed E-state index contributed by atoms with van der Waals surface area (Å²) in [6, 6.07) is 13.6. The molecule has 0 aliphatic rings. The molecule has 0 spiro atoms. The fourth-order valence-corrected chi connectivity index (χ4v) is 3.43. The van der Waals surface area contributed by atoms with Gasteiger partial charge >= 0.3 is 0 Å². The van der Waals surface area contributed by atoms with E-state index in [4.69, 9.17) is 4.42 Å². The molecule has 0 saturated carbocycles. The zero-order chi connectivity index (χ0) is 19.5. The SMILES string of the molecule is Cc1nnc(-c2ccc(C)c(-c3ccc(C(=O)NCc4nccs4)cc3)c2)o1. The van der Waals surface area contributed by atoms with Gasteiger partial charge in [0.1, 0.15) is 5.01 Å². The Labute approximate surface area is 166 Å². The number of carbonyl (C=O) groups is 1. The summed E-state index contributed by atoms with van der Waals surface area (Å²) in [4.78, 5) is 16.5. The number of benzene rings is 2. The molecule has 2 aromatic carbocycles. The van der Waals surface area contributed by atoms with E-state index in [1.54, 1.807) is 13.1 Å². The average molecular weight is 390 g/mol. The number of hydrogen-bond donors (Lipinski definition) is 1. The Morgan fingerprint density at radius 2 is 1.86 bits per heavy atom. The molecule has 0 saturated heterocycles. The second-order valence-electron chi connectivity index (χ2n) is 6.34. The number of thiazole rings is 1. The van der Waals surface area contributed by atoms with Crippen molar-refractivity contribution < 1.29 is 9.21 Å². The van der Waals surface area contributed by atoms with Gasteiger partial charge in [-0.3, -0.25) is 4.79 Å². The topological polar surface area (TPSA) is 80.9 Å². The van der Waals surface area contributed by atoms with Gasteiger partial charge in [-0.05, 0) is 47.9 Å². The van der Waals surface area contributed by atoms with E-state index in [-0.39, 0.29) is 5.91 Å². The predicted molar refractivity (Wildman–Crippen MR) is 108 cm³/mol. The van der Waals surface area contributed by atoms with Crippen molar-refractivity contribution in [3.05, 3.63) is 76.1 Å². The Bertz CT molecular complexity index is 1100. The van der Waals surface area contributed by atoms with E-state index in [1.807, 2.05) is 54.8 Å². The van der Waals surface area contributed by atoms with Crippen LogP contribution in [0.1, 0.15) is 26.8 Å². The third-order valence-corrected chi connectivity index (χ3v) is 5.13. The van der Waals surface area contributed by atoms with Crippen molar-refractivity contribution in [2.24, 2.45) is 0 Å². The number of nitrogens with zero attached hydrogens (tertiary/aromatic N) is 3. The third-order valence-electron chi connectivity index (χ3n) is 4.35. The monoisotopic (exact) mass is 390 g/mol. The van der Waals surface area contributed by atoms with Crippen LogP contribution in [0.3, 0.4) is 0 Å². The lowest BCUT2D eigenvalue weighted by molar-refractivity contribution is 0.0951. The summed E-state index contributed by atoms with van der Waals surface area (Å²) in [5.74, 6) is 0.913. The lowest BCUT2D eigenvalue weighted by atomic mass is 9.97. The number of carbonyl (C=O) groups excluding carboxylic acids is 1. The van der Waals surface area contributed by atoms with Gasteiger partial charge in [0.25, 0.3) is 5.91 Å². The number of rotatable bonds is 5. The number of hydrogen-bond acceptors (Lipinski definition) is 6. The summed E-state index contributed by atoms with van der Waals surface area (Å²) in [6.07, 6.45) is 1.73. The molecule has 1 N–H and O–H groups in total. The fourth-order valence-electron chi connectivity index (χ4n) is 2.88. The highest BCUT2D eigenvalue weighted by Crippen LogP contribution is 2.29. The maximum absolute atomic E-state index is 12.3. The van der Waals surface area contributed by atoms with Crippen LogP contribution in [0.5, 0.6) is 0 Å². The summed E-state index contributed by atoms with van der Waals surface area (Å²) in [7, 11) is 0. The maximum atomic E-state index is 12.3. The summed E-state index contributed by atoms with van der Waals surface area (Å²) < 4.78 is 5.53. The van der Waals surface area contributed by atoms with Crippen LogP contribution in [-0.2, 0) is 6.54 Å². The summed E-state index contributed by atoms with van der Waals surface area (Å²) >= 11 is 1.52. The number of aromatic nitrogens is 3. The highest BCUT2D eigenvalue weighted by molar-refractivity contribution is 7.09. The third kappa shape index (κ3) is 3.84. The standard InChI is InChI=1S/C21H18N4O2S/c1-13-3-4-17(21-25-24-14(2)27-21)11-18(13)15-5-7-16(8-6-15)20(26)23-12-19-22-9-10-28-19/h3-11H,12H2,1-2H3,(H,23,26). The van der Waals surface area contributed by atoms with Crippen molar-refractivity contribution in [2.45, 2.75) is 20.4 Å². The lowest BCUT2D eigenvalue weighted by Gasteiger charge is -2.09. The van der Waals surface area contributed by atoms with Crippen molar-refractivity contribution in [3.63, 3.8) is 0 Å². The van der Waals surface area contributed by atoms with E-state index in [0.717, 1.165) is 27.3 Å². The molecule has 0 aliphatic heterocycles. The zero-order valence-electron chi connectivity index (χ0n) is 15.5. The van der Waals surface area contributed by atoms with Crippen LogP contribution in [0.15, 0.2) is 58.5 Å². The average Bonchev–Trinajstić information content (AvgIpc) is 3.38. The molecule has 6 nitrogen and oxygen atoms in total. The Kier molecular flexibility index (Phi) is 4.99. The van der Waals surface area contributed by atoms with Crippen molar-refractivity contribution in [3.8, 4) is 22.6 Å². The number of amides is 1. The first-order valence-corrected chi connectivity index (χ1v) is 9.66. The molecule has 0 fully saturated rings. The second kappa shape index (κ2) is 7.74. The van der Waals surface area contributed by atoms with Crippen LogP contribution < -0.4 is 5.32 Å². The van der Waals surface area contributed by atoms with Gasteiger partial charge in [0.15, 0.2) is 0 Å². The van der Waals surface area contributed by atoms with E-state index >= 15 is 0 Å². The minimum atomic E-state index is -0.117. The van der Waals surface area contributed by atoms with Gasteiger partial charge in [0.05, 0.1) is 6.54 Å². The molecule has 0 unspecified atom stereocenters. The first-order chi connectivity index (χ1) is 13.6. The van der Waals surface area contributed by atoms with E-state index in [9.17, 15) is 4.79 Å². The van der Waals surface area contributed by atoms with E-state index < -0.39 is 0 Å². The molecule has 2 aromatic heterocycles. The van der Waals surface area contributed by atoms with Gasteiger partial charge in [-0.2, -0.15) is 0 Å². The van der Waals surface area contributed by atoms with Gasteiger partial charge in [0, 0.05) is 29.6 Å². The quantitative estimate of drug-likeness (QED) is 0.546. The molecule has 4 rings (SSSR count). The largest absolute Gasteiger partial charge is 0.421 e. The molecule has 0 aliphatic carbocycles. The highest BCUT2D eigenvalue weighted by atomic mass is 32.1. The Hall–Kier alpha value is -3.32. The van der Waals surface area contributed by atoms with Crippen LogP contribution in [0.4, 0.5) is 0 Å². The van der Waals surface area contributed by atoms with Gasteiger partial charge in [-0.25, -0.2) is 4.98 Å². The molecule has 7 heteroatoms. The molecule has 2 heterocycles. The minimum Gasteiger partial charge on any atom is -0.421 e. The van der Waals surface area contributed by atoms with Gasteiger partial charge in [0.2, 0.25) is 11.8 Å². The fraction of sp³-hybridized carbons (Fsp3) is 0.143. The second-order valence-corrected chi connectivity index (χ2v) is 7.32. The summed E-state index contributed by atoms with van der Waals surface area (Å²) in [5, 5.41) is 13.6. The Morgan fingerprint density at radius 1 is 1.07 bits per heavy atom. The van der Waals surface area contributed by atoms with Gasteiger partial charge in [-0.15, -0.1) is 21.5 Å². The lowest BCUT2D eigenvalue weighted by Crippen LogP contribution is -2.22. The van der Waals surface area contributed by atoms with E-state index in [1.165, 1.54) is 11.3 Å². The maximum Gasteiger partial charge on any atom is 0.251 e. The zero-order valence-corrected chi connectivity index (χ0v) is 16.3. The molecule has 1 amide bonds. The Morgan fingerprint density at radius 3 is 2.54 bits per heavy atom. The molecule has 4 aromatic rings.